The molecule has 1 aromatic carbocycles. The third-order valence-electron chi connectivity index (χ3n) is 4.24. The zero-order chi connectivity index (χ0) is 19.5. The van der Waals surface area contributed by atoms with Crippen LogP contribution in [0.1, 0.15) is 16.3 Å². The van der Waals surface area contributed by atoms with E-state index in [-0.39, 0.29) is 24.5 Å². The molecule has 0 aliphatic rings. The number of rotatable bonds is 5. The molecule has 3 heterocycles. The van der Waals surface area contributed by atoms with Crippen LogP contribution in [-0.2, 0) is 17.9 Å². The molecule has 0 aliphatic carbocycles. The van der Waals surface area contributed by atoms with Gasteiger partial charge >= 0.3 is 5.97 Å². The van der Waals surface area contributed by atoms with Crippen LogP contribution < -0.4 is 5.56 Å². The minimum absolute atomic E-state index is 0.179. The van der Waals surface area contributed by atoms with Gasteiger partial charge < -0.3 is 9.72 Å². The highest BCUT2D eigenvalue weighted by atomic mass is 32.1. The highest BCUT2D eigenvalue weighted by Crippen LogP contribution is 2.30. The molecule has 0 fully saturated rings. The normalized spacial score (nSPS) is 10.7. The number of aromatic amines is 1. The topological polar surface area (TPSA) is 101 Å². The molecular weight excluding hydrogens is 376 g/mol. The van der Waals surface area contributed by atoms with Gasteiger partial charge in [-0.2, -0.15) is 5.26 Å². The van der Waals surface area contributed by atoms with Crippen molar-refractivity contribution in [2.24, 2.45) is 0 Å². The molecular formula is C20H14N4O3S. The van der Waals surface area contributed by atoms with Crippen LogP contribution in [0.4, 0.5) is 0 Å². The smallest absolute Gasteiger partial charge is 0.355 e. The molecule has 7 nitrogen and oxygen atoms in total. The van der Waals surface area contributed by atoms with Gasteiger partial charge in [-0.05, 0) is 17.7 Å². The summed E-state index contributed by atoms with van der Waals surface area (Å²) in [6, 6.07) is 14.8. The lowest BCUT2D eigenvalue weighted by atomic mass is 10.1. The molecule has 0 amide bonds. The van der Waals surface area contributed by atoms with E-state index < -0.39 is 5.97 Å². The predicted octanol–water partition coefficient (Wildman–Crippen LogP) is 3.33. The summed E-state index contributed by atoms with van der Waals surface area (Å²) in [5.74, 6) is -0.320. The molecule has 3 aromatic heterocycles. The van der Waals surface area contributed by atoms with Crippen molar-refractivity contribution in [2.45, 2.75) is 13.2 Å². The number of hydrogen-bond donors (Lipinski definition) is 1. The number of carbonyl (C=O) groups excluding carboxylic acids is 1. The van der Waals surface area contributed by atoms with E-state index in [9.17, 15) is 9.59 Å². The van der Waals surface area contributed by atoms with Gasteiger partial charge in [-0.25, -0.2) is 9.78 Å². The second-order valence-corrected chi connectivity index (χ2v) is 6.79. The number of esters is 1. The van der Waals surface area contributed by atoms with Gasteiger partial charge in [0.1, 0.15) is 23.7 Å². The molecule has 0 atom stereocenters. The van der Waals surface area contributed by atoms with Gasteiger partial charge in [-0.1, -0.05) is 30.3 Å². The van der Waals surface area contributed by atoms with E-state index in [1.54, 1.807) is 18.3 Å². The minimum atomic E-state index is -0.556. The van der Waals surface area contributed by atoms with Crippen LogP contribution in [0.3, 0.4) is 0 Å². The monoisotopic (exact) mass is 390 g/mol. The summed E-state index contributed by atoms with van der Waals surface area (Å²) >= 11 is 1.34. The Kier molecular flexibility index (Phi) is 4.74. The number of thiophene rings is 1. The Morgan fingerprint density at radius 3 is 2.79 bits per heavy atom. The molecule has 138 valence electrons. The Balaban J connectivity index is 1.75. The first-order chi connectivity index (χ1) is 13.7. The quantitative estimate of drug-likeness (QED) is 0.527. The summed E-state index contributed by atoms with van der Waals surface area (Å²) in [4.78, 5) is 33.0. The summed E-state index contributed by atoms with van der Waals surface area (Å²) in [6.07, 6.45) is 1.61. The summed E-state index contributed by atoms with van der Waals surface area (Å²) in [5.41, 5.74) is 1.66. The molecule has 1 N–H and O–H groups in total. The van der Waals surface area contributed by atoms with Crippen molar-refractivity contribution in [3.63, 3.8) is 0 Å². The van der Waals surface area contributed by atoms with E-state index in [0.717, 1.165) is 11.1 Å². The van der Waals surface area contributed by atoms with Gasteiger partial charge in [0.15, 0.2) is 5.82 Å². The molecule has 8 heteroatoms. The average molecular weight is 390 g/mol. The summed E-state index contributed by atoms with van der Waals surface area (Å²) in [5, 5.41) is 11.5. The highest BCUT2D eigenvalue weighted by Gasteiger charge is 2.18. The predicted molar refractivity (Wildman–Crippen MR) is 105 cm³/mol. The molecule has 0 radical (unpaired) electrons. The number of carbonyl (C=O) groups is 1. The van der Waals surface area contributed by atoms with E-state index in [4.69, 9.17) is 10.00 Å². The van der Waals surface area contributed by atoms with Crippen LogP contribution in [0.25, 0.3) is 21.3 Å². The molecule has 4 aromatic rings. The second kappa shape index (κ2) is 7.50. The van der Waals surface area contributed by atoms with Gasteiger partial charge in [0.05, 0.1) is 11.5 Å². The van der Waals surface area contributed by atoms with Crippen molar-refractivity contribution < 1.29 is 9.53 Å². The highest BCUT2D eigenvalue weighted by molar-refractivity contribution is 7.17. The molecule has 0 aliphatic heterocycles. The fraction of sp³-hybridized carbons (Fsp3) is 0.100. The van der Waals surface area contributed by atoms with Gasteiger partial charge in [-0.3, -0.25) is 9.36 Å². The van der Waals surface area contributed by atoms with E-state index in [1.165, 1.54) is 15.9 Å². The van der Waals surface area contributed by atoms with Crippen molar-refractivity contribution >= 4 is 27.5 Å². The maximum atomic E-state index is 13.1. The van der Waals surface area contributed by atoms with Crippen LogP contribution >= 0.6 is 11.3 Å². The SMILES string of the molecule is N#CCn1c(COC(=O)c2ccc[nH]2)nc2scc(-c3ccccc3)c2c1=O. The fourth-order valence-electron chi connectivity index (χ4n) is 2.91. The fourth-order valence-corrected chi connectivity index (χ4v) is 3.86. The zero-order valence-corrected chi connectivity index (χ0v) is 15.4. The van der Waals surface area contributed by atoms with Crippen molar-refractivity contribution in [3.05, 3.63) is 75.9 Å². The molecule has 0 unspecified atom stereocenters. The Morgan fingerprint density at radius 2 is 2.07 bits per heavy atom. The van der Waals surface area contributed by atoms with Gasteiger partial charge in [-0.15, -0.1) is 11.3 Å². The Bertz CT molecular complexity index is 1230. The summed E-state index contributed by atoms with van der Waals surface area (Å²) in [7, 11) is 0. The Morgan fingerprint density at radius 1 is 1.25 bits per heavy atom. The number of nitriles is 1. The van der Waals surface area contributed by atoms with Crippen molar-refractivity contribution in [3.8, 4) is 17.2 Å². The lowest BCUT2D eigenvalue weighted by Crippen LogP contribution is -2.26. The van der Waals surface area contributed by atoms with Crippen molar-refractivity contribution in [1.29, 1.82) is 5.26 Å². The number of aromatic nitrogens is 3. The maximum absolute atomic E-state index is 13.1. The van der Waals surface area contributed by atoms with Crippen molar-refractivity contribution in [2.75, 3.05) is 0 Å². The first-order valence-electron chi connectivity index (χ1n) is 8.43. The second-order valence-electron chi connectivity index (χ2n) is 5.93. The van der Waals surface area contributed by atoms with Gasteiger partial charge in [0.2, 0.25) is 0 Å². The number of benzene rings is 1. The summed E-state index contributed by atoms with van der Waals surface area (Å²) < 4.78 is 6.51. The molecule has 0 saturated heterocycles. The average Bonchev–Trinajstić information content (AvgIpc) is 3.39. The van der Waals surface area contributed by atoms with Crippen LogP contribution in [0.15, 0.2) is 58.8 Å². The third-order valence-corrected chi connectivity index (χ3v) is 5.11. The van der Waals surface area contributed by atoms with Crippen molar-refractivity contribution in [1.82, 2.24) is 14.5 Å². The number of ether oxygens (including phenoxy) is 1. The Hall–Kier alpha value is -3.70. The molecule has 0 saturated carbocycles. The number of H-pyrrole nitrogens is 1. The van der Waals surface area contributed by atoms with E-state index in [0.29, 0.717) is 15.9 Å². The van der Waals surface area contributed by atoms with Crippen LogP contribution in [0.5, 0.6) is 0 Å². The minimum Gasteiger partial charge on any atom is -0.453 e. The zero-order valence-electron chi connectivity index (χ0n) is 14.6. The van der Waals surface area contributed by atoms with E-state index in [2.05, 4.69) is 9.97 Å². The maximum Gasteiger partial charge on any atom is 0.355 e. The van der Waals surface area contributed by atoms with E-state index >= 15 is 0 Å². The van der Waals surface area contributed by atoms with Crippen LogP contribution in [0, 0.1) is 11.3 Å². The molecule has 0 bridgehead atoms. The third kappa shape index (κ3) is 3.19. The molecule has 28 heavy (non-hydrogen) atoms. The van der Waals surface area contributed by atoms with Gasteiger partial charge in [0.25, 0.3) is 5.56 Å². The number of fused-ring (bicyclic) bond motifs is 1. The summed E-state index contributed by atoms with van der Waals surface area (Å²) in [6.45, 7) is -0.384. The van der Waals surface area contributed by atoms with E-state index in [1.807, 2.05) is 41.8 Å². The number of nitrogens with zero attached hydrogens (tertiary/aromatic N) is 3. The molecule has 0 spiro atoms. The first-order valence-corrected chi connectivity index (χ1v) is 9.31. The molecule has 4 rings (SSSR count). The number of nitrogens with one attached hydrogen (secondary N) is 1. The lowest BCUT2D eigenvalue weighted by molar-refractivity contribution is 0.0451. The Labute approximate surface area is 163 Å². The van der Waals surface area contributed by atoms with Gasteiger partial charge in [0, 0.05) is 17.1 Å². The standard InChI is InChI=1S/C20H14N4O3S/c21-8-10-24-16(11-27-20(26)15-7-4-9-22-15)23-18-17(19(24)25)14(12-28-18)13-5-2-1-3-6-13/h1-7,9,12,22H,10-11H2. The largest absolute Gasteiger partial charge is 0.453 e. The first kappa shape index (κ1) is 17.7. The number of hydrogen-bond acceptors (Lipinski definition) is 6. The van der Waals surface area contributed by atoms with Crippen LogP contribution in [0.2, 0.25) is 0 Å². The lowest BCUT2D eigenvalue weighted by Gasteiger charge is -2.10. The van der Waals surface area contributed by atoms with Crippen LogP contribution in [-0.4, -0.2) is 20.5 Å².